The summed E-state index contributed by atoms with van der Waals surface area (Å²) >= 11 is 0. The molecule has 1 saturated heterocycles. The van der Waals surface area contributed by atoms with E-state index in [1.54, 1.807) is 7.11 Å². The number of fused-ring (bicyclic) bond motifs is 2. The van der Waals surface area contributed by atoms with E-state index in [0.29, 0.717) is 12.6 Å². The van der Waals surface area contributed by atoms with Crippen molar-refractivity contribution in [1.82, 2.24) is 4.90 Å². The van der Waals surface area contributed by atoms with E-state index in [4.69, 9.17) is 4.74 Å². The molecule has 0 unspecified atom stereocenters. The number of nitrogens with zero attached hydrogens (tertiary/aromatic N) is 2. The van der Waals surface area contributed by atoms with Crippen molar-refractivity contribution in [3.8, 4) is 5.75 Å². The van der Waals surface area contributed by atoms with Gasteiger partial charge in [-0.3, -0.25) is 9.69 Å². The summed E-state index contributed by atoms with van der Waals surface area (Å²) in [5, 5.41) is 0. The molecule has 166 valence electrons. The van der Waals surface area contributed by atoms with Crippen LogP contribution in [0.15, 0.2) is 48.5 Å². The third-order valence-corrected chi connectivity index (χ3v) is 6.99. The van der Waals surface area contributed by atoms with Gasteiger partial charge in [0.05, 0.1) is 19.1 Å². The Kier molecular flexibility index (Phi) is 5.63. The van der Waals surface area contributed by atoms with Crippen molar-refractivity contribution in [2.24, 2.45) is 5.41 Å². The Morgan fingerprint density at radius 2 is 1.84 bits per heavy atom. The molecule has 2 aromatic rings. The molecule has 2 atom stereocenters. The van der Waals surface area contributed by atoms with Crippen molar-refractivity contribution in [2.45, 2.75) is 71.5 Å². The monoisotopic (exact) mass is 420 g/mol. The van der Waals surface area contributed by atoms with E-state index in [2.05, 4.69) is 63.8 Å². The highest BCUT2D eigenvalue weighted by Crippen LogP contribution is 2.54. The number of carbonyl (C=O) groups excluding carboxylic acids is 1. The van der Waals surface area contributed by atoms with E-state index in [1.165, 1.54) is 0 Å². The van der Waals surface area contributed by atoms with Crippen LogP contribution in [-0.2, 0) is 16.8 Å². The van der Waals surface area contributed by atoms with Gasteiger partial charge in [-0.05, 0) is 61.4 Å². The van der Waals surface area contributed by atoms with Gasteiger partial charge < -0.3 is 9.64 Å². The predicted octanol–water partition coefficient (Wildman–Crippen LogP) is 5.40. The molecule has 1 amide bonds. The van der Waals surface area contributed by atoms with E-state index in [1.807, 2.05) is 29.2 Å². The smallest absolute Gasteiger partial charge is 0.239 e. The Morgan fingerprint density at radius 1 is 1.13 bits per heavy atom. The number of ether oxygens (including phenoxy) is 1. The Morgan fingerprint density at radius 3 is 2.45 bits per heavy atom. The van der Waals surface area contributed by atoms with E-state index < -0.39 is 5.41 Å². The average Bonchev–Trinajstić information content (AvgIpc) is 3.20. The van der Waals surface area contributed by atoms with E-state index in [-0.39, 0.29) is 17.4 Å². The molecule has 2 aliphatic rings. The minimum absolute atomic E-state index is 0.126. The molecular weight excluding hydrogens is 384 g/mol. The molecule has 4 nitrogen and oxygen atoms in total. The summed E-state index contributed by atoms with van der Waals surface area (Å²) in [5.74, 6) is 1.07. The summed E-state index contributed by atoms with van der Waals surface area (Å²) in [7, 11) is 1.70. The number of carbonyl (C=O) groups is 1. The number of likely N-dealkylation sites (tertiary alicyclic amines) is 1. The lowest BCUT2D eigenvalue weighted by atomic mass is 9.70. The van der Waals surface area contributed by atoms with Crippen LogP contribution in [-0.4, -0.2) is 36.5 Å². The highest BCUT2D eigenvalue weighted by Gasteiger charge is 2.60. The van der Waals surface area contributed by atoms with Crippen molar-refractivity contribution in [2.75, 3.05) is 18.6 Å². The van der Waals surface area contributed by atoms with E-state index in [0.717, 1.165) is 42.0 Å². The minimum Gasteiger partial charge on any atom is -0.497 e. The third-order valence-electron chi connectivity index (χ3n) is 6.99. The van der Waals surface area contributed by atoms with Crippen LogP contribution >= 0.6 is 0 Å². The molecule has 2 heterocycles. The highest BCUT2D eigenvalue weighted by atomic mass is 16.5. The zero-order valence-electron chi connectivity index (χ0n) is 19.8. The molecule has 2 aliphatic heterocycles. The lowest BCUT2D eigenvalue weighted by Crippen LogP contribution is -2.52. The van der Waals surface area contributed by atoms with Gasteiger partial charge in [-0.2, -0.15) is 0 Å². The maximum absolute atomic E-state index is 14.3. The maximum atomic E-state index is 14.3. The first-order chi connectivity index (χ1) is 14.7. The molecule has 4 rings (SSSR count). The number of rotatable bonds is 5. The predicted molar refractivity (Wildman–Crippen MR) is 127 cm³/mol. The van der Waals surface area contributed by atoms with Crippen LogP contribution in [0.25, 0.3) is 0 Å². The summed E-state index contributed by atoms with van der Waals surface area (Å²) in [6.07, 6.45) is 1.84. The SMILES string of the molecule is COc1ccc2c(c1)[C@]1(CCN(C(C)C)[C@@H]1CC(C)(C)C)C(=O)N2Cc1ccccc1. The Labute approximate surface area is 187 Å². The van der Waals surface area contributed by atoms with Gasteiger partial charge in [0.25, 0.3) is 0 Å². The van der Waals surface area contributed by atoms with Crippen LogP contribution in [0.3, 0.4) is 0 Å². The van der Waals surface area contributed by atoms with Crippen molar-refractivity contribution >= 4 is 11.6 Å². The van der Waals surface area contributed by atoms with Crippen molar-refractivity contribution in [3.05, 3.63) is 59.7 Å². The van der Waals surface area contributed by atoms with Gasteiger partial charge in [0, 0.05) is 24.3 Å². The molecule has 0 aromatic heterocycles. The lowest BCUT2D eigenvalue weighted by molar-refractivity contribution is -0.124. The zero-order chi connectivity index (χ0) is 22.4. The summed E-state index contributed by atoms with van der Waals surface area (Å²) in [6, 6.07) is 17.1. The molecule has 0 saturated carbocycles. The number of amides is 1. The van der Waals surface area contributed by atoms with Gasteiger partial charge in [0.2, 0.25) is 5.91 Å². The first-order valence-electron chi connectivity index (χ1n) is 11.5. The van der Waals surface area contributed by atoms with Gasteiger partial charge in [-0.25, -0.2) is 0 Å². The van der Waals surface area contributed by atoms with E-state index >= 15 is 0 Å². The maximum Gasteiger partial charge on any atom is 0.239 e. The average molecular weight is 421 g/mol. The summed E-state index contributed by atoms with van der Waals surface area (Å²) in [5.41, 5.74) is 2.95. The van der Waals surface area contributed by atoms with Crippen LogP contribution in [0.4, 0.5) is 5.69 Å². The number of benzene rings is 2. The Bertz CT molecular complexity index is 947. The molecule has 0 bridgehead atoms. The second kappa shape index (κ2) is 7.98. The molecular formula is C27H36N2O2. The third kappa shape index (κ3) is 3.76. The van der Waals surface area contributed by atoms with E-state index in [9.17, 15) is 4.79 Å². The highest BCUT2D eigenvalue weighted by molar-refractivity contribution is 6.09. The van der Waals surface area contributed by atoms with Gasteiger partial charge in [-0.1, -0.05) is 51.1 Å². The molecule has 0 radical (unpaired) electrons. The molecule has 1 spiro atoms. The van der Waals surface area contributed by atoms with Gasteiger partial charge >= 0.3 is 0 Å². The molecule has 0 aliphatic carbocycles. The second-order valence-electron chi connectivity index (χ2n) is 10.6. The van der Waals surface area contributed by atoms with Crippen molar-refractivity contribution in [3.63, 3.8) is 0 Å². The molecule has 4 heteroatoms. The van der Waals surface area contributed by atoms with Gasteiger partial charge in [-0.15, -0.1) is 0 Å². The van der Waals surface area contributed by atoms with Crippen LogP contribution < -0.4 is 9.64 Å². The first-order valence-corrected chi connectivity index (χ1v) is 11.5. The van der Waals surface area contributed by atoms with Gasteiger partial charge in [0.1, 0.15) is 5.75 Å². The Balaban J connectivity index is 1.85. The topological polar surface area (TPSA) is 32.8 Å². The van der Waals surface area contributed by atoms with Crippen LogP contribution in [0.5, 0.6) is 5.75 Å². The van der Waals surface area contributed by atoms with Crippen LogP contribution in [0.2, 0.25) is 0 Å². The largest absolute Gasteiger partial charge is 0.497 e. The fourth-order valence-corrected chi connectivity index (χ4v) is 5.59. The number of anilines is 1. The zero-order valence-corrected chi connectivity index (χ0v) is 19.8. The molecule has 2 aromatic carbocycles. The normalized spacial score (nSPS) is 23.8. The first kappa shape index (κ1) is 21.9. The number of methoxy groups -OCH3 is 1. The molecule has 0 N–H and O–H groups in total. The molecule has 1 fully saturated rings. The van der Waals surface area contributed by atoms with Crippen molar-refractivity contribution in [1.29, 1.82) is 0 Å². The van der Waals surface area contributed by atoms with Gasteiger partial charge in [0.15, 0.2) is 0 Å². The molecule has 31 heavy (non-hydrogen) atoms. The quantitative estimate of drug-likeness (QED) is 0.649. The minimum atomic E-state index is -0.518. The summed E-state index contributed by atoms with van der Waals surface area (Å²) < 4.78 is 5.60. The second-order valence-corrected chi connectivity index (χ2v) is 10.6. The Hall–Kier alpha value is -2.33. The fraction of sp³-hybridized carbons (Fsp3) is 0.519. The number of hydrogen-bond acceptors (Lipinski definition) is 3. The summed E-state index contributed by atoms with van der Waals surface area (Å²) in [4.78, 5) is 18.9. The lowest BCUT2D eigenvalue weighted by Gasteiger charge is -2.40. The number of hydrogen-bond donors (Lipinski definition) is 0. The standard InChI is InChI=1S/C27H36N2O2/c1-19(2)28-15-14-27(24(28)17-26(3,4)5)22-16-21(31-6)12-13-23(22)29(25(27)30)18-20-10-8-7-9-11-20/h7-13,16,19,24H,14-15,17-18H2,1-6H3/t24-,27+/m1/s1. The summed E-state index contributed by atoms with van der Waals surface area (Å²) in [6.45, 7) is 12.9. The van der Waals surface area contributed by atoms with Crippen molar-refractivity contribution < 1.29 is 9.53 Å². The van der Waals surface area contributed by atoms with Crippen LogP contribution in [0, 0.1) is 5.41 Å². The van der Waals surface area contributed by atoms with Crippen LogP contribution in [0.1, 0.15) is 58.6 Å². The fourth-order valence-electron chi connectivity index (χ4n) is 5.59.